The highest BCUT2D eigenvalue weighted by Gasteiger charge is 2.17. The quantitative estimate of drug-likeness (QED) is 0.295. The summed E-state index contributed by atoms with van der Waals surface area (Å²) in [4.78, 5) is 4.81. The van der Waals surface area contributed by atoms with E-state index < -0.39 is 10.8 Å². The molecule has 3 aromatic carbocycles. The summed E-state index contributed by atoms with van der Waals surface area (Å²) < 4.78 is 12.7. The highest BCUT2D eigenvalue weighted by molar-refractivity contribution is 8.10. The normalized spacial score (nSPS) is 11.6. The van der Waals surface area contributed by atoms with Gasteiger partial charge in [-0.3, -0.25) is 4.21 Å². The third kappa shape index (κ3) is 5.34. The Morgan fingerprint density at radius 2 is 1.56 bits per heavy atom. The van der Waals surface area contributed by atoms with Crippen molar-refractivity contribution >= 4 is 22.6 Å². The number of rotatable bonds is 7. The van der Waals surface area contributed by atoms with E-state index in [0.29, 0.717) is 21.4 Å². The van der Waals surface area contributed by atoms with Gasteiger partial charge in [0, 0.05) is 27.7 Å². The second-order valence-corrected chi connectivity index (χ2v) is 10.2. The van der Waals surface area contributed by atoms with Crippen molar-refractivity contribution in [3.05, 3.63) is 108 Å². The van der Waals surface area contributed by atoms with Gasteiger partial charge in [-0.15, -0.1) is 0 Å². The monoisotopic (exact) mass is 454 g/mol. The minimum atomic E-state index is -1.07. The Balaban J connectivity index is 1.69. The zero-order valence-corrected chi connectivity index (χ0v) is 19.3. The van der Waals surface area contributed by atoms with Gasteiger partial charge in [0.1, 0.15) is 11.1 Å². The van der Waals surface area contributed by atoms with E-state index in [-0.39, 0.29) is 0 Å². The van der Waals surface area contributed by atoms with E-state index in [1.165, 1.54) is 17.3 Å². The molecule has 0 spiro atoms. The molecule has 0 aliphatic carbocycles. The largest absolute Gasteiger partial charge is 0.258 e. The van der Waals surface area contributed by atoms with Gasteiger partial charge >= 0.3 is 0 Å². The van der Waals surface area contributed by atoms with Gasteiger partial charge in [0.2, 0.25) is 0 Å². The van der Waals surface area contributed by atoms with Crippen LogP contribution in [0, 0.1) is 18.3 Å². The summed E-state index contributed by atoms with van der Waals surface area (Å²) in [6.45, 7) is 2.05. The van der Waals surface area contributed by atoms with Crippen molar-refractivity contribution in [1.82, 2.24) is 4.98 Å². The highest BCUT2D eigenvalue weighted by atomic mass is 32.2. The molecule has 1 atom stereocenters. The molecule has 3 nitrogen and oxygen atoms in total. The third-order valence-corrected chi connectivity index (χ3v) is 7.77. The molecule has 32 heavy (non-hydrogen) atoms. The summed E-state index contributed by atoms with van der Waals surface area (Å²) in [5, 5.41) is 11.0. The summed E-state index contributed by atoms with van der Waals surface area (Å²) >= 11 is 1.39. The molecule has 0 aliphatic rings. The predicted molar refractivity (Wildman–Crippen MR) is 134 cm³/mol. The molecular weight excluding hydrogens is 432 g/mol. The van der Waals surface area contributed by atoms with Gasteiger partial charge in [-0.1, -0.05) is 102 Å². The van der Waals surface area contributed by atoms with Crippen LogP contribution in [0.1, 0.15) is 16.7 Å². The van der Waals surface area contributed by atoms with Gasteiger partial charge in [-0.05, 0) is 24.1 Å². The van der Waals surface area contributed by atoms with Crippen molar-refractivity contribution in [2.45, 2.75) is 17.7 Å². The van der Waals surface area contributed by atoms with Crippen LogP contribution in [0.5, 0.6) is 0 Å². The average molecular weight is 455 g/mol. The maximum absolute atomic E-state index is 12.7. The number of hydrogen-bond acceptors (Lipinski definition) is 4. The summed E-state index contributed by atoms with van der Waals surface area (Å²) in [5.41, 5.74) is 6.34. The minimum absolute atomic E-state index is 0.377. The van der Waals surface area contributed by atoms with Crippen LogP contribution in [-0.2, 0) is 16.6 Å². The first-order chi connectivity index (χ1) is 15.6. The number of aromatic nitrogens is 1. The van der Waals surface area contributed by atoms with Crippen molar-refractivity contribution in [1.29, 1.82) is 5.26 Å². The van der Waals surface area contributed by atoms with E-state index in [2.05, 4.69) is 25.1 Å². The average Bonchev–Trinajstić information content (AvgIpc) is 2.84. The number of hydrogen-bond donors (Lipinski definition) is 0. The smallest absolute Gasteiger partial charge is 0.116 e. The fraction of sp³-hybridized carbons (Fsp3) is 0.111. The zero-order valence-electron chi connectivity index (χ0n) is 17.7. The van der Waals surface area contributed by atoms with Gasteiger partial charge in [-0.25, -0.2) is 4.98 Å². The second-order valence-electron chi connectivity index (χ2n) is 7.41. The summed E-state index contributed by atoms with van der Waals surface area (Å²) in [7, 11) is -1.07. The Kier molecular flexibility index (Phi) is 7.16. The Labute approximate surface area is 195 Å². The predicted octanol–water partition coefficient (Wildman–Crippen LogP) is 6.59. The molecule has 1 heterocycles. The van der Waals surface area contributed by atoms with E-state index >= 15 is 0 Å². The molecule has 0 saturated heterocycles. The molecule has 1 unspecified atom stereocenters. The minimum Gasteiger partial charge on any atom is -0.258 e. The third-order valence-electron chi connectivity index (χ3n) is 5.03. The van der Waals surface area contributed by atoms with Crippen LogP contribution in [0.2, 0.25) is 0 Å². The van der Waals surface area contributed by atoms with Gasteiger partial charge < -0.3 is 0 Å². The number of nitriles is 1. The van der Waals surface area contributed by atoms with Crippen molar-refractivity contribution < 1.29 is 4.21 Å². The summed E-state index contributed by atoms with van der Waals surface area (Å²) in [6.07, 6.45) is 0. The van der Waals surface area contributed by atoms with Crippen LogP contribution < -0.4 is 0 Å². The topological polar surface area (TPSA) is 53.8 Å². The molecular formula is C27H22N2OS2. The molecule has 5 heteroatoms. The fourth-order valence-electron chi connectivity index (χ4n) is 3.38. The number of thioether (sulfide) groups is 1. The van der Waals surface area contributed by atoms with E-state index in [1.807, 2.05) is 78.9 Å². The van der Waals surface area contributed by atoms with Crippen LogP contribution in [0.4, 0.5) is 0 Å². The Morgan fingerprint density at radius 3 is 2.22 bits per heavy atom. The standard InChI is InChI=1S/C27H22N2OS2/c1-20-12-14-23(15-13-20)26-16-24(22-10-6-3-7-11-22)25(17-28)27(29-26)31-19-32(30)18-21-8-4-2-5-9-21/h2-16H,18-19H2,1H3. The van der Waals surface area contributed by atoms with Crippen molar-refractivity contribution in [3.8, 4) is 28.5 Å². The fourth-order valence-corrected chi connectivity index (χ4v) is 5.71. The number of benzene rings is 3. The van der Waals surface area contributed by atoms with Gasteiger partial charge in [0.15, 0.2) is 0 Å². The zero-order chi connectivity index (χ0) is 22.3. The number of aryl methyl sites for hydroxylation is 1. The Morgan fingerprint density at radius 1 is 0.906 bits per heavy atom. The molecule has 0 saturated carbocycles. The first-order valence-corrected chi connectivity index (χ1v) is 12.7. The molecule has 0 amide bonds. The first-order valence-electron chi connectivity index (χ1n) is 10.2. The molecule has 158 valence electrons. The van der Waals surface area contributed by atoms with E-state index in [1.54, 1.807) is 0 Å². The van der Waals surface area contributed by atoms with Crippen LogP contribution in [-0.4, -0.2) is 14.3 Å². The molecule has 1 aromatic heterocycles. The maximum atomic E-state index is 12.7. The summed E-state index contributed by atoms with van der Waals surface area (Å²) in [6, 6.07) is 32.2. The number of pyridine rings is 1. The van der Waals surface area contributed by atoms with Crippen molar-refractivity contribution in [3.63, 3.8) is 0 Å². The van der Waals surface area contributed by atoms with Gasteiger partial charge in [0.05, 0.1) is 16.3 Å². The van der Waals surface area contributed by atoms with Gasteiger partial charge in [0.25, 0.3) is 0 Å². The highest BCUT2D eigenvalue weighted by Crippen LogP contribution is 2.34. The molecule has 0 radical (unpaired) electrons. The lowest BCUT2D eigenvalue weighted by atomic mass is 9.99. The van der Waals surface area contributed by atoms with Crippen LogP contribution in [0.25, 0.3) is 22.4 Å². The van der Waals surface area contributed by atoms with E-state index in [9.17, 15) is 9.47 Å². The summed E-state index contributed by atoms with van der Waals surface area (Å²) in [5.74, 6) is 0.485. The lowest BCUT2D eigenvalue weighted by Crippen LogP contribution is -2.01. The lowest BCUT2D eigenvalue weighted by Gasteiger charge is -2.13. The van der Waals surface area contributed by atoms with Crippen LogP contribution in [0.3, 0.4) is 0 Å². The molecule has 0 fully saturated rings. The van der Waals surface area contributed by atoms with E-state index in [0.717, 1.165) is 27.9 Å². The molecule has 0 aliphatic heterocycles. The van der Waals surface area contributed by atoms with Crippen LogP contribution in [0.15, 0.2) is 96.0 Å². The maximum Gasteiger partial charge on any atom is 0.116 e. The van der Waals surface area contributed by atoms with Crippen LogP contribution >= 0.6 is 11.8 Å². The van der Waals surface area contributed by atoms with Gasteiger partial charge in [-0.2, -0.15) is 5.26 Å². The molecule has 4 aromatic rings. The second kappa shape index (κ2) is 10.4. The Hall–Kier alpha value is -3.20. The number of nitrogens with zero attached hydrogens (tertiary/aromatic N) is 2. The first kappa shape index (κ1) is 22.0. The SMILES string of the molecule is Cc1ccc(-c2cc(-c3ccccc3)c(C#N)c(SCS(=O)Cc3ccccc3)n2)cc1. The molecule has 0 N–H and O–H groups in total. The van der Waals surface area contributed by atoms with Crippen molar-refractivity contribution in [2.24, 2.45) is 0 Å². The Bertz CT molecular complexity index is 1270. The lowest BCUT2D eigenvalue weighted by molar-refractivity contribution is 0.685. The van der Waals surface area contributed by atoms with Crippen molar-refractivity contribution in [2.75, 3.05) is 5.08 Å². The van der Waals surface area contributed by atoms with E-state index in [4.69, 9.17) is 4.98 Å². The molecule has 0 bridgehead atoms. The molecule has 4 rings (SSSR count).